The van der Waals surface area contributed by atoms with E-state index in [-0.39, 0.29) is 22.3 Å². The summed E-state index contributed by atoms with van der Waals surface area (Å²) in [7, 11) is 0. The summed E-state index contributed by atoms with van der Waals surface area (Å²) < 4.78 is 14.4. The third-order valence-corrected chi connectivity index (χ3v) is 3.52. The van der Waals surface area contributed by atoms with Crippen molar-refractivity contribution < 1.29 is 43.6 Å². The molecule has 2 rings (SSSR count). The van der Waals surface area contributed by atoms with Crippen LogP contribution >= 0.6 is 0 Å². The van der Waals surface area contributed by atoms with E-state index in [1.165, 1.54) is 48.5 Å². The van der Waals surface area contributed by atoms with Crippen molar-refractivity contribution in [3.63, 3.8) is 0 Å². The Morgan fingerprint density at radius 1 is 0.633 bits per heavy atom. The zero-order chi connectivity index (χ0) is 22.5. The van der Waals surface area contributed by atoms with Gasteiger partial charge in [-0.05, 0) is 62.4 Å². The van der Waals surface area contributed by atoms with Crippen molar-refractivity contribution in [2.45, 2.75) is 13.8 Å². The minimum Gasteiger partial charge on any atom is -0.478 e. The number of aromatic carboxylic acids is 2. The molecule has 0 heterocycles. The molecule has 0 aliphatic carbocycles. The fraction of sp³-hybridized carbons (Fsp3) is 0.238. The number of hydrogen-bond donors (Lipinski definition) is 2. The molecule has 9 heteroatoms. The van der Waals surface area contributed by atoms with Gasteiger partial charge in [0.05, 0.1) is 22.3 Å². The molecule has 0 spiro atoms. The Labute approximate surface area is 172 Å². The van der Waals surface area contributed by atoms with Gasteiger partial charge >= 0.3 is 23.9 Å². The Morgan fingerprint density at radius 2 is 0.933 bits per heavy atom. The maximum atomic E-state index is 11.7. The third-order valence-electron chi connectivity index (χ3n) is 3.52. The van der Waals surface area contributed by atoms with Gasteiger partial charge in [0.15, 0.2) is 0 Å². The Kier molecular flexibility index (Phi) is 10.3. The molecular weight excluding hydrogens is 396 g/mol. The summed E-state index contributed by atoms with van der Waals surface area (Å²) in [5.74, 6) is -3.82. The summed E-state index contributed by atoms with van der Waals surface area (Å²) in [5, 5.41) is 17.5. The molecule has 0 unspecified atom stereocenters. The number of carbonyl (C=O) groups excluding carboxylic acids is 2. The average Bonchev–Trinajstić information content (AvgIpc) is 2.74. The Hall–Kier alpha value is -3.72. The van der Waals surface area contributed by atoms with Crippen molar-refractivity contribution in [3.8, 4) is 0 Å². The van der Waals surface area contributed by atoms with Crippen LogP contribution in [0.15, 0.2) is 48.5 Å². The van der Waals surface area contributed by atoms with Crippen LogP contribution in [0.5, 0.6) is 0 Å². The smallest absolute Gasteiger partial charge is 0.340 e. The molecule has 0 aliphatic heterocycles. The van der Waals surface area contributed by atoms with Crippen LogP contribution in [-0.4, -0.2) is 54.1 Å². The van der Waals surface area contributed by atoms with Crippen LogP contribution in [0.2, 0.25) is 0 Å². The van der Waals surface area contributed by atoms with E-state index < -0.39 is 30.7 Å². The molecule has 0 atom stereocenters. The number of ether oxygens (including phenoxy) is 3. The molecule has 0 fully saturated rings. The van der Waals surface area contributed by atoms with Crippen molar-refractivity contribution in [2.24, 2.45) is 0 Å². The van der Waals surface area contributed by atoms with Gasteiger partial charge in [0.2, 0.25) is 6.79 Å². The predicted molar refractivity (Wildman–Crippen MR) is 105 cm³/mol. The van der Waals surface area contributed by atoms with Crippen LogP contribution in [0.3, 0.4) is 0 Å². The Bertz CT molecular complexity index is 784. The molecule has 160 valence electrons. The van der Waals surface area contributed by atoms with Gasteiger partial charge in [-0.25, -0.2) is 19.2 Å². The van der Waals surface area contributed by atoms with Crippen LogP contribution in [-0.2, 0) is 14.2 Å². The van der Waals surface area contributed by atoms with E-state index in [0.29, 0.717) is 0 Å². The highest BCUT2D eigenvalue weighted by Gasteiger charge is 2.12. The lowest BCUT2D eigenvalue weighted by Gasteiger charge is -2.07. The number of benzene rings is 2. The van der Waals surface area contributed by atoms with E-state index in [0.717, 1.165) is 13.2 Å². The molecule has 9 nitrogen and oxygen atoms in total. The highest BCUT2D eigenvalue weighted by molar-refractivity contribution is 5.93. The van der Waals surface area contributed by atoms with Crippen molar-refractivity contribution in [2.75, 3.05) is 20.0 Å². The van der Waals surface area contributed by atoms with E-state index in [4.69, 9.17) is 24.4 Å². The van der Waals surface area contributed by atoms with E-state index in [2.05, 4.69) is 0 Å². The summed E-state index contributed by atoms with van der Waals surface area (Å²) in [6, 6.07) is 10.1. The van der Waals surface area contributed by atoms with Crippen molar-refractivity contribution >= 4 is 23.9 Å². The van der Waals surface area contributed by atoms with Crippen LogP contribution in [0.1, 0.15) is 55.3 Å². The third kappa shape index (κ3) is 8.11. The van der Waals surface area contributed by atoms with Gasteiger partial charge in [0.1, 0.15) is 0 Å². The SMILES string of the molecule is CCOCC.O=C(O)c1ccc(C(=O)OCOC(=O)c2ccc(C(=O)O)cc2)cc1. The lowest BCUT2D eigenvalue weighted by atomic mass is 10.1. The van der Waals surface area contributed by atoms with E-state index >= 15 is 0 Å². The predicted octanol–water partition coefficient (Wildman–Crippen LogP) is 3.10. The topological polar surface area (TPSA) is 136 Å². The molecule has 0 aromatic heterocycles. The van der Waals surface area contributed by atoms with Gasteiger partial charge in [0, 0.05) is 13.2 Å². The number of carboxylic acid groups (broad SMARTS) is 2. The second-order valence-electron chi connectivity index (χ2n) is 5.53. The van der Waals surface area contributed by atoms with Crippen molar-refractivity contribution in [1.82, 2.24) is 0 Å². The van der Waals surface area contributed by atoms with E-state index in [1.807, 2.05) is 13.8 Å². The second-order valence-corrected chi connectivity index (χ2v) is 5.53. The molecule has 0 saturated heterocycles. The molecule has 2 N–H and O–H groups in total. The van der Waals surface area contributed by atoms with Gasteiger partial charge < -0.3 is 24.4 Å². The van der Waals surface area contributed by atoms with Crippen LogP contribution in [0.4, 0.5) is 0 Å². The van der Waals surface area contributed by atoms with Crippen molar-refractivity contribution in [3.05, 3.63) is 70.8 Å². The lowest BCUT2D eigenvalue weighted by molar-refractivity contribution is -0.0167. The number of esters is 2. The van der Waals surface area contributed by atoms with Gasteiger partial charge in [-0.1, -0.05) is 0 Å². The molecule has 2 aromatic rings. The normalized spacial score (nSPS) is 9.67. The first-order chi connectivity index (χ1) is 14.3. The number of carboxylic acids is 2. The zero-order valence-corrected chi connectivity index (χ0v) is 16.5. The summed E-state index contributed by atoms with van der Waals surface area (Å²) in [4.78, 5) is 44.9. The minimum absolute atomic E-state index is 0.0211. The first-order valence-electron chi connectivity index (χ1n) is 8.88. The summed E-state index contributed by atoms with van der Waals surface area (Å²) in [6.07, 6.45) is 0. The van der Waals surface area contributed by atoms with Crippen molar-refractivity contribution in [1.29, 1.82) is 0 Å². The fourth-order valence-electron chi connectivity index (χ4n) is 2.01. The van der Waals surface area contributed by atoms with Gasteiger partial charge in [0.25, 0.3) is 0 Å². The number of rotatable bonds is 8. The molecule has 0 saturated carbocycles. The standard InChI is InChI=1S/C17H12O8.C4H10O/c18-14(19)10-1-5-12(6-2-10)16(22)24-9-25-17(23)13-7-3-11(4-8-13)15(20)21;1-3-5-4-2/h1-8H,9H2,(H,18,19)(H,20,21);3-4H2,1-2H3. The summed E-state index contributed by atoms with van der Waals surface area (Å²) in [6.45, 7) is 5.03. The monoisotopic (exact) mass is 418 g/mol. The molecule has 2 aromatic carbocycles. The first-order valence-corrected chi connectivity index (χ1v) is 8.88. The maximum Gasteiger partial charge on any atom is 0.340 e. The molecular formula is C21H22O9. The fourth-order valence-corrected chi connectivity index (χ4v) is 2.01. The van der Waals surface area contributed by atoms with Gasteiger partial charge in [-0.15, -0.1) is 0 Å². The number of carbonyl (C=O) groups is 4. The first kappa shape index (κ1) is 24.3. The molecule has 0 aliphatic rings. The zero-order valence-electron chi connectivity index (χ0n) is 16.5. The van der Waals surface area contributed by atoms with Crippen LogP contribution in [0, 0.1) is 0 Å². The average molecular weight is 418 g/mol. The Morgan fingerprint density at radius 3 is 1.17 bits per heavy atom. The van der Waals surface area contributed by atoms with Gasteiger partial charge in [-0.3, -0.25) is 0 Å². The highest BCUT2D eigenvalue weighted by Crippen LogP contribution is 2.08. The van der Waals surface area contributed by atoms with E-state index in [1.54, 1.807) is 0 Å². The minimum atomic E-state index is -1.12. The maximum absolute atomic E-state index is 11.7. The molecule has 30 heavy (non-hydrogen) atoms. The quantitative estimate of drug-likeness (QED) is 0.489. The van der Waals surface area contributed by atoms with E-state index in [9.17, 15) is 19.2 Å². The molecule has 0 bridgehead atoms. The molecule has 0 amide bonds. The van der Waals surface area contributed by atoms with Gasteiger partial charge in [-0.2, -0.15) is 0 Å². The molecule has 0 radical (unpaired) electrons. The summed E-state index contributed by atoms with van der Waals surface area (Å²) in [5.41, 5.74) is 0.249. The highest BCUT2D eigenvalue weighted by atomic mass is 16.7. The Balaban J connectivity index is 0.000000804. The van der Waals surface area contributed by atoms with Crippen LogP contribution < -0.4 is 0 Å². The van der Waals surface area contributed by atoms with Crippen LogP contribution in [0.25, 0.3) is 0 Å². The second kappa shape index (κ2) is 12.7. The largest absolute Gasteiger partial charge is 0.478 e. The lowest BCUT2D eigenvalue weighted by Crippen LogP contribution is -2.13. The number of hydrogen-bond acceptors (Lipinski definition) is 7. The summed E-state index contributed by atoms with van der Waals surface area (Å²) >= 11 is 0.